The first-order chi connectivity index (χ1) is 10.6. The Bertz CT molecular complexity index is 773. The van der Waals surface area contributed by atoms with E-state index in [9.17, 15) is 9.90 Å². The average Bonchev–Trinajstić information content (AvgIpc) is 2.86. The molecule has 6 nitrogen and oxygen atoms in total. The van der Waals surface area contributed by atoms with Gasteiger partial charge in [-0.05, 0) is 30.0 Å². The van der Waals surface area contributed by atoms with E-state index in [1.54, 1.807) is 11.8 Å². The minimum absolute atomic E-state index is 0.0889. The summed E-state index contributed by atoms with van der Waals surface area (Å²) in [7, 11) is 0. The van der Waals surface area contributed by atoms with Gasteiger partial charge in [-0.25, -0.2) is 0 Å². The molecule has 2 N–H and O–H groups in total. The molecule has 0 radical (unpaired) electrons. The maximum atomic E-state index is 12.5. The number of benzene rings is 1. The molecule has 2 aromatic rings. The second-order valence-electron chi connectivity index (χ2n) is 5.40. The molecule has 0 aliphatic carbocycles. The number of hydrogen-bond acceptors (Lipinski definition) is 4. The van der Waals surface area contributed by atoms with Gasteiger partial charge in [0.1, 0.15) is 5.69 Å². The van der Waals surface area contributed by atoms with Gasteiger partial charge < -0.3 is 10.0 Å². The predicted molar refractivity (Wildman–Crippen MR) is 79.2 cm³/mol. The number of aromatic nitrogens is 2. The topological polar surface area (TPSA) is 93.0 Å². The fourth-order valence-corrected chi connectivity index (χ4v) is 2.85. The van der Waals surface area contributed by atoms with E-state index in [0.29, 0.717) is 31.6 Å². The molecule has 6 heteroatoms. The molecule has 0 spiro atoms. The summed E-state index contributed by atoms with van der Waals surface area (Å²) in [4.78, 5) is 14.2. The molecule has 22 heavy (non-hydrogen) atoms. The van der Waals surface area contributed by atoms with Crippen LogP contribution in [0.4, 0.5) is 0 Å². The van der Waals surface area contributed by atoms with Gasteiger partial charge in [-0.15, -0.1) is 0 Å². The molecule has 1 aliphatic rings. The smallest absolute Gasteiger partial charge is 0.276 e. The molecular formula is C16H16N4O2. The van der Waals surface area contributed by atoms with E-state index in [-0.39, 0.29) is 17.4 Å². The van der Waals surface area contributed by atoms with Crippen LogP contribution >= 0.6 is 0 Å². The zero-order valence-corrected chi connectivity index (χ0v) is 12.3. The molecule has 0 saturated carbocycles. The number of amides is 1. The summed E-state index contributed by atoms with van der Waals surface area (Å²) in [5.74, 6) is -0.344. The lowest BCUT2D eigenvalue weighted by atomic mass is 9.93. The number of H-pyrrole nitrogens is 1. The second kappa shape index (κ2) is 5.53. The van der Waals surface area contributed by atoms with Crippen molar-refractivity contribution < 1.29 is 9.90 Å². The average molecular weight is 296 g/mol. The molecule has 0 saturated heterocycles. The van der Waals surface area contributed by atoms with Crippen molar-refractivity contribution in [2.24, 2.45) is 0 Å². The van der Waals surface area contributed by atoms with Crippen LogP contribution in [-0.2, 0) is 19.4 Å². The normalized spacial score (nSPS) is 13.5. The number of nitrogens with one attached hydrogen (secondary N) is 1. The summed E-state index contributed by atoms with van der Waals surface area (Å²) in [6.45, 7) is 2.68. The lowest BCUT2D eigenvalue weighted by Crippen LogP contribution is -2.36. The van der Waals surface area contributed by atoms with Crippen LogP contribution in [0, 0.1) is 18.3 Å². The second-order valence-corrected chi connectivity index (χ2v) is 5.40. The highest BCUT2D eigenvalue weighted by molar-refractivity contribution is 5.95. The van der Waals surface area contributed by atoms with Crippen LogP contribution < -0.4 is 0 Å². The summed E-state index contributed by atoms with van der Waals surface area (Å²) in [5, 5.41) is 25.2. The highest BCUT2D eigenvalue weighted by Gasteiger charge is 2.26. The van der Waals surface area contributed by atoms with Crippen molar-refractivity contribution >= 4 is 5.91 Å². The van der Waals surface area contributed by atoms with Crippen LogP contribution in [0.25, 0.3) is 0 Å². The number of aryl methyl sites for hydroxylation is 1. The summed E-state index contributed by atoms with van der Waals surface area (Å²) in [6, 6.07) is 8.03. The Balaban J connectivity index is 1.86. The van der Waals surface area contributed by atoms with E-state index in [2.05, 4.69) is 16.3 Å². The molecule has 2 heterocycles. The van der Waals surface area contributed by atoms with Gasteiger partial charge in [-0.2, -0.15) is 10.4 Å². The Morgan fingerprint density at radius 3 is 3.05 bits per heavy atom. The molecule has 1 amide bonds. The fourth-order valence-electron chi connectivity index (χ4n) is 2.85. The Morgan fingerprint density at radius 2 is 2.36 bits per heavy atom. The first kappa shape index (κ1) is 14.1. The van der Waals surface area contributed by atoms with Crippen molar-refractivity contribution in [2.45, 2.75) is 26.3 Å². The summed E-state index contributed by atoms with van der Waals surface area (Å²) in [6.07, 6.45) is 1.10. The number of aromatic hydroxyl groups is 1. The maximum Gasteiger partial charge on any atom is 0.276 e. The van der Waals surface area contributed by atoms with Crippen LogP contribution in [0.1, 0.15) is 32.9 Å². The lowest BCUT2D eigenvalue weighted by Gasteiger charge is -2.29. The van der Waals surface area contributed by atoms with Gasteiger partial charge in [0.2, 0.25) is 0 Å². The van der Waals surface area contributed by atoms with Crippen LogP contribution in [0.5, 0.6) is 5.75 Å². The Kier molecular flexibility index (Phi) is 3.55. The summed E-state index contributed by atoms with van der Waals surface area (Å²) in [5.41, 5.74) is 3.81. The van der Waals surface area contributed by atoms with Gasteiger partial charge in [0.15, 0.2) is 11.4 Å². The summed E-state index contributed by atoms with van der Waals surface area (Å²) < 4.78 is 0. The molecule has 0 bridgehead atoms. The molecular weight excluding hydrogens is 280 g/mol. The molecule has 0 unspecified atom stereocenters. The van der Waals surface area contributed by atoms with Crippen molar-refractivity contribution in [3.8, 4) is 11.8 Å². The van der Waals surface area contributed by atoms with Crippen LogP contribution in [-0.4, -0.2) is 32.7 Å². The fraction of sp³-hybridized carbons (Fsp3) is 0.312. The van der Waals surface area contributed by atoms with Crippen molar-refractivity contribution in [1.82, 2.24) is 15.1 Å². The predicted octanol–water partition coefficient (Wildman–Crippen LogP) is 1.69. The highest BCUT2D eigenvalue weighted by atomic mass is 16.3. The SMILES string of the molecule is Cc1n[nH]c(C(=O)N2CCc3c(CC#N)cccc3C2)c1O. The first-order valence-corrected chi connectivity index (χ1v) is 7.11. The number of rotatable bonds is 2. The number of aromatic amines is 1. The van der Waals surface area contributed by atoms with Gasteiger partial charge in [-0.3, -0.25) is 9.89 Å². The summed E-state index contributed by atoms with van der Waals surface area (Å²) >= 11 is 0. The zero-order valence-electron chi connectivity index (χ0n) is 12.3. The van der Waals surface area contributed by atoms with Crippen molar-refractivity contribution in [2.75, 3.05) is 6.54 Å². The highest BCUT2D eigenvalue weighted by Crippen LogP contribution is 2.26. The van der Waals surface area contributed by atoms with Crippen LogP contribution in [0.2, 0.25) is 0 Å². The minimum atomic E-state index is -0.255. The number of nitrogens with zero attached hydrogens (tertiary/aromatic N) is 3. The molecule has 3 rings (SSSR count). The van der Waals surface area contributed by atoms with E-state index in [4.69, 9.17) is 5.26 Å². The van der Waals surface area contributed by atoms with Crippen molar-refractivity contribution in [1.29, 1.82) is 5.26 Å². The maximum absolute atomic E-state index is 12.5. The number of carbonyl (C=O) groups is 1. The number of hydrogen-bond donors (Lipinski definition) is 2. The van der Waals surface area contributed by atoms with Gasteiger partial charge >= 0.3 is 0 Å². The largest absolute Gasteiger partial charge is 0.504 e. The molecule has 0 fully saturated rings. The van der Waals surface area contributed by atoms with Gasteiger partial charge in [0, 0.05) is 13.1 Å². The van der Waals surface area contributed by atoms with Gasteiger partial charge in [-0.1, -0.05) is 18.2 Å². The van der Waals surface area contributed by atoms with Gasteiger partial charge in [0.25, 0.3) is 5.91 Å². The zero-order chi connectivity index (χ0) is 15.7. The molecule has 1 aliphatic heterocycles. The van der Waals surface area contributed by atoms with Crippen molar-refractivity contribution in [3.05, 3.63) is 46.3 Å². The third kappa shape index (κ3) is 2.31. The number of carbonyl (C=O) groups excluding carboxylic acids is 1. The molecule has 1 aromatic heterocycles. The number of nitriles is 1. The lowest BCUT2D eigenvalue weighted by molar-refractivity contribution is 0.0725. The Labute approximate surface area is 128 Å². The Morgan fingerprint density at radius 1 is 1.55 bits per heavy atom. The van der Waals surface area contributed by atoms with E-state index < -0.39 is 0 Å². The quantitative estimate of drug-likeness (QED) is 0.882. The minimum Gasteiger partial charge on any atom is -0.504 e. The molecule has 1 aromatic carbocycles. The van der Waals surface area contributed by atoms with E-state index >= 15 is 0 Å². The van der Waals surface area contributed by atoms with Crippen LogP contribution in [0.3, 0.4) is 0 Å². The van der Waals surface area contributed by atoms with E-state index in [1.807, 2.05) is 18.2 Å². The van der Waals surface area contributed by atoms with Crippen molar-refractivity contribution in [3.63, 3.8) is 0 Å². The molecule has 0 atom stereocenters. The van der Waals surface area contributed by atoms with Gasteiger partial charge in [0.05, 0.1) is 12.5 Å². The van der Waals surface area contributed by atoms with Crippen LogP contribution in [0.15, 0.2) is 18.2 Å². The first-order valence-electron chi connectivity index (χ1n) is 7.11. The Hall–Kier alpha value is -2.81. The van der Waals surface area contributed by atoms with E-state index in [0.717, 1.165) is 16.7 Å². The third-order valence-electron chi connectivity index (χ3n) is 4.05. The third-order valence-corrected chi connectivity index (χ3v) is 4.05. The monoisotopic (exact) mass is 296 g/mol. The van der Waals surface area contributed by atoms with E-state index in [1.165, 1.54) is 0 Å². The number of fused-ring (bicyclic) bond motifs is 1. The standard InChI is InChI=1S/C16H16N4O2/c1-10-15(21)14(19-18-10)16(22)20-8-6-13-11(5-7-17)3-2-4-12(13)9-20/h2-4,21H,5-6,8-9H2,1H3,(H,18,19). The molecule has 112 valence electrons.